The van der Waals surface area contributed by atoms with Crippen LogP contribution in [0.2, 0.25) is 0 Å². The standard InChI is InChI=1S/C12H23N5O2S/c1-3-7-13-8-5-10-17(2)20(18,19)15-11-12-6-4-9-14-16-12/h4,6,9,13,15H,3,5,7-8,10-11H2,1-2H3. The van der Waals surface area contributed by atoms with E-state index in [0.717, 1.165) is 25.9 Å². The van der Waals surface area contributed by atoms with Crippen LogP contribution < -0.4 is 10.0 Å². The highest BCUT2D eigenvalue weighted by atomic mass is 32.2. The van der Waals surface area contributed by atoms with E-state index in [1.54, 1.807) is 25.4 Å². The Morgan fingerprint density at radius 1 is 1.35 bits per heavy atom. The van der Waals surface area contributed by atoms with Crippen molar-refractivity contribution in [2.75, 3.05) is 26.7 Å². The Balaban J connectivity index is 2.32. The lowest BCUT2D eigenvalue weighted by Crippen LogP contribution is -2.39. The van der Waals surface area contributed by atoms with Crippen LogP contribution in [0.25, 0.3) is 0 Å². The minimum absolute atomic E-state index is 0.147. The van der Waals surface area contributed by atoms with Crippen LogP contribution in [-0.2, 0) is 16.8 Å². The van der Waals surface area contributed by atoms with Crippen LogP contribution in [0.15, 0.2) is 18.3 Å². The summed E-state index contributed by atoms with van der Waals surface area (Å²) in [7, 11) is -1.90. The van der Waals surface area contributed by atoms with Crippen LogP contribution in [0.5, 0.6) is 0 Å². The monoisotopic (exact) mass is 301 g/mol. The fourth-order valence-electron chi connectivity index (χ4n) is 1.55. The van der Waals surface area contributed by atoms with Crippen molar-refractivity contribution in [2.24, 2.45) is 0 Å². The zero-order valence-electron chi connectivity index (χ0n) is 12.0. The molecule has 1 heterocycles. The summed E-state index contributed by atoms with van der Waals surface area (Å²) >= 11 is 0. The molecular weight excluding hydrogens is 278 g/mol. The lowest BCUT2D eigenvalue weighted by Gasteiger charge is -2.17. The van der Waals surface area contributed by atoms with Gasteiger partial charge in [0.15, 0.2) is 0 Å². The summed E-state index contributed by atoms with van der Waals surface area (Å²) in [5.74, 6) is 0. The molecule has 1 aromatic rings. The largest absolute Gasteiger partial charge is 0.317 e. The zero-order chi connectivity index (χ0) is 14.8. The van der Waals surface area contributed by atoms with Gasteiger partial charge in [0.2, 0.25) is 0 Å². The van der Waals surface area contributed by atoms with E-state index in [4.69, 9.17) is 0 Å². The van der Waals surface area contributed by atoms with Crippen LogP contribution in [-0.4, -0.2) is 49.6 Å². The molecule has 0 amide bonds. The lowest BCUT2D eigenvalue weighted by molar-refractivity contribution is 0.444. The molecule has 0 aliphatic rings. The summed E-state index contributed by atoms with van der Waals surface area (Å²) in [4.78, 5) is 0. The van der Waals surface area contributed by atoms with E-state index in [-0.39, 0.29) is 6.54 Å². The number of rotatable bonds is 10. The molecule has 0 radical (unpaired) electrons. The van der Waals surface area contributed by atoms with Gasteiger partial charge in [0.1, 0.15) is 0 Å². The average molecular weight is 301 g/mol. The van der Waals surface area contributed by atoms with Crippen LogP contribution in [0.3, 0.4) is 0 Å². The molecule has 1 rings (SSSR count). The van der Waals surface area contributed by atoms with Crippen molar-refractivity contribution in [3.63, 3.8) is 0 Å². The molecule has 0 aromatic carbocycles. The summed E-state index contributed by atoms with van der Waals surface area (Å²) in [5, 5.41) is 10.8. The maximum absolute atomic E-state index is 12.0. The molecule has 0 atom stereocenters. The van der Waals surface area contributed by atoms with Crippen LogP contribution >= 0.6 is 0 Å². The van der Waals surface area contributed by atoms with Crippen molar-refractivity contribution < 1.29 is 8.42 Å². The van der Waals surface area contributed by atoms with E-state index in [2.05, 4.69) is 27.2 Å². The first-order valence-corrected chi connectivity index (χ1v) is 8.18. The first-order chi connectivity index (χ1) is 9.56. The first kappa shape index (κ1) is 17.0. The van der Waals surface area contributed by atoms with Crippen LogP contribution in [0, 0.1) is 0 Å². The van der Waals surface area contributed by atoms with E-state index in [9.17, 15) is 8.42 Å². The topological polar surface area (TPSA) is 87.2 Å². The normalized spacial score (nSPS) is 11.9. The third kappa shape index (κ3) is 6.38. The molecule has 7 nitrogen and oxygen atoms in total. The average Bonchev–Trinajstić information content (AvgIpc) is 2.46. The molecule has 0 saturated carbocycles. The quantitative estimate of drug-likeness (QED) is 0.600. The van der Waals surface area contributed by atoms with Gasteiger partial charge < -0.3 is 5.32 Å². The highest BCUT2D eigenvalue weighted by molar-refractivity contribution is 7.87. The molecule has 0 bridgehead atoms. The Kier molecular flexibility index (Phi) is 7.60. The lowest BCUT2D eigenvalue weighted by atomic mass is 10.4. The van der Waals surface area contributed by atoms with Gasteiger partial charge >= 0.3 is 0 Å². The molecule has 2 N–H and O–H groups in total. The van der Waals surface area contributed by atoms with Gasteiger partial charge in [0, 0.05) is 19.8 Å². The smallest absolute Gasteiger partial charge is 0.279 e. The van der Waals surface area contributed by atoms with E-state index in [0.29, 0.717) is 12.2 Å². The first-order valence-electron chi connectivity index (χ1n) is 6.74. The number of nitrogens with zero attached hydrogens (tertiary/aromatic N) is 3. The fourth-order valence-corrected chi connectivity index (χ4v) is 2.47. The van der Waals surface area contributed by atoms with Gasteiger partial charge in [-0.15, -0.1) is 0 Å². The van der Waals surface area contributed by atoms with Crippen molar-refractivity contribution >= 4 is 10.2 Å². The predicted molar refractivity (Wildman–Crippen MR) is 78.2 cm³/mol. The van der Waals surface area contributed by atoms with Gasteiger partial charge in [-0.05, 0) is 38.1 Å². The van der Waals surface area contributed by atoms with Gasteiger partial charge in [0.25, 0.3) is 10.2 Å². The van der Waals surface area contributed by atoms with Gasteiger partial charge in [-0.25, -0.2) is 0 Å². The van der Waals surface area contributed by atoms with Gasteiger partial charge in [-0.2, -0.15) is 27.6 Å². The molecule has 8 heteroatoms. The van der Waals surface area contributed by atoms with Crippen molar-refractivity contribution in [1.29, 1.82) is 0 Å². The number of hydrogen-bond donors (Lipinski definition) is 2. The van der Waals surface area contributed by atoms with Crippen LogP contribution in [0.1, 0.15) is 25.5 Å². The third-order valence-corrected chi connectivity index (χ3v) is 4.24. The number of aromatic nitrogens is 2. The maximum Gasteiger partial charge on any atom is 0.279 e. The molecule has 20 heavy (non-hydrogen) atoms. The second-order valence-electron chi connectivity index (χ2n) is 4.47. The molecule has 114 valence electrons. The Labute approximate surface area is 121 Å². The predicted octanol–water partition coefficient (Wildman–Crippen LogP) is 0.133. The van der Waals surface area contributed by atoms with Crippen molar-refractivity contribution in [1.82, 2.24) is 24.5 Å². The summed E-state index contributed by atoms with van der Waals surface area (Å²) < 4.78 is 27.8. The van der Waals surface area contributed by atoms with E-state index >= 15 is 0 Å². The summed E-state index contributed by atoms with van der Waals surface area (Å²) in [6.45, 7) is 4.50. The van der Waals surface area contributed by atoms with Crippen LogP contribution in [0.4, 0.5) is 0 Å². The molecule has 0 aliphatic carbocycles. The van der Waals surface area contributed by atoms with Crippen molar-refractivity contribution in [3.8, 4) is 0 Å². The Morgan fingerprint density at radius 3 is 2.80 bits per heavy atom. The molecule has 0 fully saturated rings. The minimum atomic E-state index is -3.46. The van der Waals surface area contributed by atoms with Crippen molar-refractivity contribution in [3.05, 3.63) is 24.0 Å². The maximum atomic E-state index is 12.0. The van der Waals surface area contributed by atoms with E-state index < -0.39 is 10.2 Å². The second kappa shape index (κ2) is 8.96. The number of nitrogens with one attached hydrogen (secondary N) is 2. The fraction of sp³-hybridized carbons (Fsp3) is 0.667. The van der Waals surface area contributed by atoms with Gasteiger partial charge in [-0.3, -0.25) is 0 Å². The van der Waals surface area contributed by atoms with Crippen molar-refractivity contribution in [2.45, 2.75) is 26.3 Å². The Bertz CT molecular complexity index is 466. The van der Waals surface area contributed by atoms with E-state index in [1.165, 1.54) is 4.31 Å². The Hall–Kier alpha value is -1.09. The summed E-state index contributed by atoms with van der Waals surface area (Å²) in [6, 6.07) is 3.45. The highest BCUT2D eigenvalue weighted by Gasteiger charge is 2.16. The van der Waals surface area contributed by atoms with Gasteiger partial charge in [0.05, 0.1) is 12.2 Å². The minimum Gasteiger partial charge on any atom is -0.317 e. The van der Waals surface area contributed by atoms with Gasteiger partial charge in [-0.1, -0.05) is 6.92 Å². The molecule has 0 spiro atoms. The van der Waals surface area contributed by atoms with E-state index in [1.807, 2.05) is 0 Å². The summed E-state index contributed by atoms with van der Waals surface area (Å²) in [5.41, 5.74) is 0.592. The molecule has 0 saturated heterocycles. The Morgan fingerprint density at radius 2 is 2.15 bits per heavy atom. The zero-order valence-corrected chi connectivity index (χ0v) is 12.9. The second-order valence-corrected chi connectivity index (χ2v) is 6.33. The molecular formula is C12H23N5O2S. The molecule has 0 aliphatic heterocycles. The molecule has 0 unspecified atom stereocenters. The third-order valence-electron chi connectivity index (χ3n) is 2.73. The SMILES string of the molecule is CCCNCCCN(C)S(=O)(=O)NCc1cccnn1. The number of hydrogen-bond acceptors (Lipinski definition) is 5. The molecule has 1 aromatic heterocycles. The highest BCUT2D eigenvalue weighted by Crippen LogP contribution is 1.98. The summed E-state index contributed by atoms with van der Waals surface area (Å²) in [6.07, 6.45) is 3.41.